The maximum Gasteiger partial charge on any atom is 0.359 e. The van der Waals surface area contributed by atoms with Crippen LogP contribution in [0.5, 0.6) is 0 Å². The summed E-state index contributed by atoms with van der Waals surface area (Å²) in [4.78, 5) is 39.3. The number of β-lactam (4-membered cyclic amide) rings is 1. The van der Waals surface area contributed by atoms with E-state index in [0.29, 0.717) is 15.7 Å². The van der Waals surface area contributed by atoms with Gasteiger partial charge in [0, 0.05) is 27.6 Å². The number of aliphatic hydroxyl groups is 1. The third-order valence-electron chi connectivity index (χ3n) is 5.87. The number of aliphatic hydroxyl groups excluding tert-OH is 1. The maximum absolute atomic E-state index is 12.9. The summed E-state index contributed by atoms with van der Waals surface area (Å²) >= 11 is 2.79. The van der Waals surface area contributed by atoms with Gasteiger partial charge >= 0.3 is 11.9 Å². The number of fused-ring (bicyclic) bond motifs is 1. The summed E-state index contributed by atoms with van der Waals surface area (Å²) in [6, 6.07) is 0. The van der Waals surface area contributed by atoms with Crippen LogP contribution in [0, 0.1) is 23.7 Å². The summed E-state index contributed by atoms with van der Waals surface area (Å²) in [6.07, 6.45) is -0.0623. The predicted molar refractivity (Wildman–Crippen MR) is 125 cm³/mol. The lowest BCUT2D eigenvalue weighted by Crippen LogP contribution is -2.60. The molecule has 3 rings (SSSR count). The van der Waals surface area contributed by atoms with Gasteiger partial charge < -0.3 is 14.6 Å². The van der Waals surface area contributed by atoms with Crippen molar-refractivity contribution in [2.24, 2.45) is 23.7 Å². The van der Waals surface area contributed by atoms with Crippen molar-refractivity contribution in [3.05, 3.63) is 9.93 Å². The van der Waals surface area contributed by atoms with Gasteiger partial charge in [-0.2, -0.15) is 0 Å². The lowest BCUT2D eigenvalue weighted by molar-refractivity contribution is -0.173. The molecule has 3 aliphatic rings. The SMILES string of the molecule is CC(C)C(C(=O)OCOC(=O)C1=C(S[C@H]2CC[S@](=O)C2)S[C@@H]2[C@@H]([C@@H](C)O)C(=O)N12)C(C)C. The van der Waals surface area contributed by atoms with Crippen LogP contribution in [0.15, 0.2) is 9.93 Å². The maximum atomic E-state index is 12.9. The molecule has 0 aliphatic carbocycles. The number of ether oxygens (including phenoxy) is 2. The van der Waals surface area contributed by atoms with Crippen LogP contribution in [0.1, 0.15) is 41.0 Å². The molecule has 0 saturated carbocycles. The van der Waals surface area contributed by atoms with Gasteiger partial charge in [-0.05, 0) is 25.2 Å². The summed E-state index contributed by atoms with van der Waals surface area (Å²) < 4.78 is 22.8. The topological polar surface area (TPSA) is 110 Å². The van der Waals surface area contributed by atoms with Crippen molar-refractivity contribution in [1.82, 2.24) is 4.90 Å². The standard InChI is InChI=1S/C21H31NO7S3/c1-10(2)14(11(3)4)19(25)28-9-29-20(26)16-21(30-13-6-7-32(27)8-13)31-18-15(12(5)23)17(24)22(16)18/h10-15,18,23H,6-9H2,1-5H3/t12-,13+,15+,18-,32+/m1/s1. The van der Waals surface area contributed by atoms with Gasteiger partial charge in [0.15, 0.2) is 5.70 Å². The Kier molecular flexibility index (Phi) is 8.38. The highest BCUT2D eigenvalue weighted by atomic mass is 32.2. The number of nitrogens with zero attached hydrogens (tertiary/aromatic N) is 1. The molecule has 0 bridgehead atoms. The molecule has 0 aromatic rings. The molecule has 1 amide bonds. The number of hydrogen-bond acceptors (Lipinski definition) is 9. The summed E-state index contributed by atoms with van der Waals surface area (Å²) in [5.41, 5.74) is 0.130. The molecular formula is C21H31NO7S3. The summed E-state index contributed by atoms with van der Waals surface area (Å²) in [7, 11) is -0.868. The van der Waals surface area contributed by atoms with Crippen molar-refractivity contribution in [2.75, 3.05) is 18.3 Å². The molecule has 2 saturated heterocycles. The Bertz CT molecular complexity index is 818. The van der Waals surface area contributed by atoms with Crippen molar-refractivity contribution in [1.29, 1.82) is 0 Å². The normalized spacial score (nSPS) is 28.4. The zero-order valence-electron chi connectivity index (χ0n) is 18.9. The van der Waals surface area contributed by atoms with Gasteiger partial charge in [-0.1, -0.05) is 39.5 Å². The minimum absolute atomic E-state index is 0.0870. The second kappa shape index (κ2) is 10.5. The highest BCUT2D eigenvalue weighted by molar-refractivity contribution is 8.23. The van der Waals surface area contributed by atoms with E-state index in [-0.39, 0.29) is 40.0 Å². The highest BCUT2D eigenvalue weighted by Crippen LogP contribution is 2.55. The molecule has 0 spiro atoms. The van der Waals surface area contributed by atoms with Crippen LogP contribution in [0.2, 0.25) is 0 Å². The monoisotopic (exact) mass is 505 g/mol. The van der Waals surface area contributed by atoms with Crippen molar-refractivity contribution >= 4 is 52.2 Å². The number of carbonyl (C=O) groups excluding carboxylic acids is 3. The smallest absolute Gasteiger partial charge is 0.359 e. The minimum Gasteiger partial charge on any atom is -0.428 e. The molecule has 2 fully saturated rings. The van der Waals surface area contributed by atoms with E-state index in [1.54, 1.807) is 6.92 Å². The average Bonchev–Trinajstić information content (AvgIpc) is 3.22. The van der Waals surface area contributed by atoms with E-state index < -0.39 is 41.6 Å². The molecule has 5 atom stereocenters. The molecule has 180 valence electrons. The van der Waals surface area contributed by atoms with Crippen LogP contribution in [-0.2, 0) is 34.7 Å². The minimum atomic E-state index is -0.868. The van der Waals surface area contributed by atoms with Crippen LogP contribution in [0.4, 0.5) is 0 Å². The quantitative estimate of drug-likeness (QED) is 0.287. The highest BCUT2D eigenvalue weighted by Gasteiger charge is 2.58. The zero-order valence-corrected chi connectivity index (χ0v) is 21.4. The van der Waals surface area contributed by atoms with E-state index in [4.69, 9.17) is 9.47 Å². The molecule has 11 heteroatoms. The predicted octanol–water partition coefficient (Wildman–Crippen LogP) is 2.29. The molecule has 1 N–H and O–H groups in total. The fraction of sp³-hybridized carbons (Fsp3) is 0.762. The Morgan fingerprint density at radius 2 is 1.88 bits per heavy atom. The zero-order chi connectivity index (χ0) is 23.7. The van der Waals surface area contributed by atoms with Gasteiger partial charge in [0.2, 0.25) is 12.7 Å². The van der Waals surface area contributed by atoms with E-state index in [0.717, 1.165) is 6.42 Å². The Balaban J connectivity index is 1.69. The summed E-state index contributed by atoms with van der Waals surface area (Å²) in [5.74, 6) is -1.05. The first-order chi connectivity index (χ1) is 15.0. The average molecular weight is 506 g/mol. The largest absolute Gasteiger partial charge is 0.428 e. The van der Waals surface area contributed by atoms with E-state index in [1.807, 2.05) is 27.7 Å². The van der Waals surface area contributed by atoms with Crippen LogP contribution in [-0.4, -0.2) is 67.1 Å². The van der Waals surface area contributed by atoms with Crippen molar-refractivity contribution in [3.8, 4) is 0 Å². The van der Waals surface area contributed by atoms with E-state index in [1.165, 1.54) is 28.4 Å². The molecule has 8 nitrogen and oxygen atoms in total. The molecule has 0 radical (unpaired) electrons. The number of hydrogen-bond donors (Lipinski definition) is 1. The van der Waals surface area contributed by atoms with Gasteiger partial charge in [0.1, 0.15) is 5.37 Å². The second-order valence-electron chi connectivity index (χ2n) is 8.99. The van der Waals surface area contributed by atoms with Crippen LogP contribution in [0.25, 0.3) is 0 Å². The van der Waals surface area contributed by atoms with Gasteiger partial charge in [0.25, 0.3) is 0 Å². The molecule has 0 aromatic heterocycles. The first-order valence-electron chi connectivity index (χ1n) is 10.8. The second-order valence-corrected chi connectivity index (χ2v) is 13.3. The number of thioether (sulfide) groups is 2. The van der Waals surface area contributed by atoms with Crippen molar-refractivity contribution < 1.29 is 33.2 Å². The van der Waals surface area contributed by atoms with E-state index in [2.05, 4.69) is 0 Å². The number of rotatable bonds is 9. The van der Waals surface area contributed by atoms with Gasteiger partial charge in [-0.15, -0.1) is 11.8 Å². The third kappa shape index (κ3) is 5.20. The number of esters is 2. The Hall–Kier alpha value is -1.04. The number of carbonyl (C=O) groups is 3. The fourth-order valence-corrected chi connectivity index (χ4v) is 9.57. The summed E-state index contributed by atoms with van der Waals surface area (Å²) in [5, 5.41) is 9.69. The first kappa shape index (κ1) is 25.6. The van der Waals surface area contributed by atoms with E-state index in [9.17, 15) is 23.7 Å². The first-order valence-corrected chi connectivity index (χ1v) is 14.0. The Morgan fingerprint density at radius 3 is 2.41 bits per heavy atom. The molecule has 0 unspecified atom stereocenters. The molecule has 0 aromatic carbocycles. The third-order valence-corrected chi connectivity index (χ3v) is 10.4. The lowest BCUT2D eigenvalue weighted by atomic mass is 9.86. The van der Waals surface area contributed by atoms with Gasteiger partial charge in [0.05, 0.1) is 22.2 Å². The lowest BCUT2D eigenvalue weighted by Gasteiger charge is -2.43. The van der Waals surface area contributed by atoms with Crippen molar-refractivity contribution in [3.63, 3.8) is 0 Å². The van der Waals surface area contributed by atoms with Gasteiger partial charge in [-0.25, -0.2) is 4.79 Å². The van der Waals surface area contributed by atoms with E-state index >= 15 is 0 Å². The molecule has 3 aliphatic heterocycles. The van der Waals surface area contributed by atoms with Crippen LogP contribution >= 0.6 is 23.5 Å². The Labute approximate surface area is 199 Å². The Morgan fingerprint density at radius 1 is 1.22 bits per heavy atom. The van der Waals surface area contributed by atoms with Gasteiger partial charge in [-0.3, -0.25) is 18.7 Å². The van der Waals surface area contributed by atoms with Crippen LogP contribution in [0.3, 0.4) is 0 Å². The van der Waals surface area contributed by atoms with Crippen LogP contribution < -0.4 is 0 Å². The fourth-order valence-electron chi connectivity index (χ4n) is 4.32. The molecule has 32 heavy (non-hydrogen) atoms. The number of amides is 1. The summed E-state index contributed by atoms with van der Waals surface area (Å²) in [6.45, 7) is 8.78. The van der Waals surface area contributed by atoms with Crippen molar-refractivity contribution in [2.45, 2.75) is 57.8 Å². The molecule has 3 heterocycles. The molecular weight excluding hydrogens is 474 g/mol.